The standard InChI is InChI=1S/C21H24ClN.C11H15FN2/c1-4-5-6-18-19-13-17(22)11-12-20(19)23-21(18)15(3)16-9-7-14(2)8-10-16;1-5-6-9(3)14-10(4)11(12)8(2)7-13/h7-13,15,23H,4-6H2,1-3H3;2,5-6H2,1,3-4H3/b;11-10+,14-9?/t15-;/m0./s1. The van der Waals surface area contributed by atoms with Crippen molar-refractivity contribution in [2.24, 2.45) is 4.99 Å². The molecule has 0 bridgehead atoms. The number of allylic oxidation sites excluding steroid dienone is 3. The number of aromatic amines is 1. The summed E-state index contributed by atoms with van der Waals surface area (Å²) >= 11 is 6.23. The number of rotatable bonds is 9. The van der Waals surface area contributed by atoms with E-state index in [0.29, 0.717) is 5.92 Å². The maximum absolute atomic E-state index is 13.2. The molecule has 0 radical (unpaired) electrons. The number of hydrogen-bond donors (Lipinski definition) is 1. The van der Waals surface area contributed by atoms with Crippen molar-refractivity contribution in [3.63, 3.8) is 0 Å². The van der Waals surface area contributed by atoms with Gasteiger partial charge in [0.15, 0.2) is 5.83 Å². The average Bonchev–Trinajstić information content (AvgIpc) is 3.24. The maximum atomic E-state index is 13.2. The summed E-state index contributed by atoms with van der Waals surface area (Å²) in [5.41, 5.74) is 7.52. The lowest BCUT2D eigenvalue weighted by Gasteiger charge is -2.14. The van der Waals surface area contributed by atoms with Gasteiger partial charge in [0.1, 0.15) is 6.07 Å². The van der Waals surface area contributed by atoms with Gasteiger partial charge in [-0.05, 0) is 69.4 Å². The highest BCUT2D eigenvalue weighted by atomic mass is 35.5. The second kappa shape index (κ2) is 14.5. The Labute approximate surface area is 226 Å². The third-order valence-corrected chi connectivity index (χ3v) is 6.61. The minimum Gasteiger partial charge on any atom is -0.358 e. The fourth-order valence-corrected chi connectivity index (χ4v) is 4.45. The highest BCUT2D eigenvalue weighted by molar-refractivity contribution is 6.31. The normalized spacial score (nSPS) is 12.9. The van der Waals surface area contributed by atoms with Gasteiger partial charge in [0.25, 0.3) is 0 Å². The molecule has 3 aromatic rings. The number of fused-ring (bicyclic) bond motifs is 1. The van der Waals surface area contributed by atoms with Gasteiger partial charge in [-0.3, -0.25) is 4.99 Å². The number of nitriles is 1. The summed E-state index contributed by atoms with van der Waals surface area (Å²) < 4.78 is 13.2. The molecular formula is C32H39ClFN3. The molecule has 1 heterocycles. The molecule has 0 fully saturated rings. The fraction of sp³-hybridized carbons (Fsp3) is 0.375. The molecule has 3 rings (SSSR count). The first kappa shape index (κ1) is 30.1. The van der Waals surface area contributed by atoms with E-state index in [2.05, 4.69) is 73.7 Å². The van der Waals surface area contributed by atoms with E-state index >= 15 is 0 Å². The monoisotopic (exact) mass is 519 g/mol. The van der Waals surface area contributed by atoms with E-state index in [4.69, 9.17) is 16.9 Å². The first-order valence-electron chi connectivity index (χ1n) is 13.0. The largest absolute Gasteiger partial charge is 0.358 e. The topological polar surface area (TPSA) is 51.9 Å². The molecule has 0 saturated carbocycles. The van der Waals surface area contributed by atoms with Gasteiger partial charge in [-0.15, -0.1) is 0 Å². The first-order chi connectivity index (χ1) is 17.6. The highest BCUT2D eigenvalue weighted by Gasteiger charge is 2.18. The lowest BCUT2D eigenvalue weighted by atomic mass is 9.92. The molecule has 2 aromatic carbocycles. The van der Waals surface area contributed by atoms with E-state index in [1.54, 1.807) is 6.07 Å². The lowest BCUT2D eigenvalue weighted by molar-refractivity contribution is 0.644. The minimum absolute atomic E-state index is 0.171. The Morgan fingerprint density at radius 1 is 1.14 bits per heavy atom. The molecule has 1 aromatic heterocycles. The van der Waals surface area contributed by atoms with Gasteiger partial charge in [0.05, 0.1) is 11.3 Å². The van der Waals surface area contributed by atoms with Crippen LogP contribution in [0.3, 0.4) is 0 Å². The number of hydrogen-bond acceptors (Lipinski definition) is 2. The quantitative estimate of drug-likeness (QED) is 0.170. The minimum atomic E-state index is -0.622. The second-order valence-electron chi connectivity index (χ2n) is 9.53. The van der Waals surface area contributed by atoms with Crippen LogP contribution in [-0.4, -0.2) is 10.7 Å². The molecule has 0 aliphatic rings. The number of nitrogens with one attached hydrogen (secondary N) is 1. The number of unbranched alkanes of at least 4 members (excludes halogenated alkanes) is 1. The van der Waals surface area contributed by atoms with Crippen LogP contribution in [0.15, 0.2) is 71.1 Å². The van der Waals surface area contributed by atoms with Crippen molar-refractivity contribution in [3.8, 4) is 6.07 Å². The summed E-state index contributed by atoms with van der Waals surface area (Å²) in [6, 6.07) is 16.7. The smallest absolute Gasteiger partial charge is 0.161 e. The summed E-state index contributed by atoms with van der Waals surface area (Å²) in [6.45, 7) is 15.4. The Kier molecular flexibility index (Phi) is 11.8. The lowest BCUT2D eigenvalue weighted by Crippen LogP contribution is -2.01. The third kappa shape index (κ3) is 8.44. The van der Waals surface area contributed by atoms with Crippen molar-refractivity contribution in [2.75, 3.05) is 0 Å². The van der Waals surface area contributed by atoms with Gasteiger partial charge < -0.3 is 4.98 Å². The van der Waals surface area contributed by atoms with Gasteiger partial charge in [-0.1, -0.05) is 81.6 Å². The molecular weight excluding hydrogens is 481 g/mol. The Balaban J connectivity index is 0.000000298. The van der Waals surface area contributed by atoms with Crippen molar-refractivity contribution in [3.05, 3.63) is 93.5 Å². The maximum Gasteiger partial charge on any atom is 0.161 e. The Morgan fingerprint density at radius 3 is 2.41 bits per heavy atom. The molecule has 196 valence electrons. The molecule has 1 atom stereocenters. The van der Waals surface area contributed by atoms with Crippen molar-refractivity contribution in [1.82, 2.24) is 4.98 Å². The van der Waals surface area contributed by atoms with Crippen LogP contribution >= 0.6 is 11.6 Å². The van der Waals surface area contributed by atoms with Crippen LogP contribution in [0.25, 0.3) is 10.9 Å². The molecule has 0 amide bonds. The fourth-order valence-electron chi connectivity index (χ4n) is 4.28. The van der Waals surface area contributed by atoms with Crippen LogP contribution in [-0.2, 0) is 6.42 Å². The summed E-state index contributed by atoms with van der Waals surface area (Å²) in [5.74, 6) is -0.267. The van der Waals surface area contributed by atoms with Gasteiger partial charge in [0, 0.05) is 33.2 Å². The summed E-state index contributed by atoms with van der Waals surface area (Å²) in [4.78, 5) is 7.70. The van der Waals surface area contributed by atoms with E-state index < -0.39 is 5.83 Å². The van der Waals surface area contributed by atoms with Crippen molar-refractivity contribution >= 4 is 28.2 Å². The van der Waals surface area contributed by atoms with Crippen LogP contribution in [0.2, 0.25) is 5.02 Å². The van der Waals surface area contributed by atoms with Crippen LogP contribution < -0.4 is 0 Å². The van der Waals surface area contributed by atoms with E-state index in [-0.39, 0.29) is 11.3 Å². The molecule has 37 heavy (non-hydrogen) atoms. The van der Waals surface area contributed by atoms with E-state index in [1.165, 1.54) is 53.1 Å². The zero-order chi connectivity index (χ0) is 27.5. The molecule has 1 N–H and O–H groups in total. The molecule has 0 aliphatic heterocycles. The van der Waals surface area contributed by atoms with Crippen molar-refractivity contribution < 1.29 is 4.39 Å². The SMILES string of the molecule is C=C(C#N)/C(F)=C(/C)N=C(C)CCC.CCCCc1c([C@@H](C)c2ccc(C)cc2)[nH]c2ccc(Cl)cc12. The second-order valence-corrected chi connectivity index (χ2v) is 9.97. The van der Waals surface area contributed by atoms with Gasteiger partial charge in [-0.25, -0.2) is 4.39 Å². The highest BCUT2D eigenvalue weighted by Crippen LogP contribution is 2.34. The van der Waals surface area contributed by atoms with E-state index in [0.717, 1.165) is 30.0 Å². The van der Waals surface area contributed by atoms with Crippen molar-refractivity contribution in [1.29, 1.82) is 5.26 Å². The zero-order valence-electron chi connectivity index (χ0n) is 23.0. The summed E-state index contributed by atoms with van der Waals surface area (Å²) in [6.07, 6.45) is 5.31. The number of aryl methyl sites for hydroxylation is 2. The predicted octanol–water partition coefficient (Wildman–Crippen LogP) is 10.2. The van der Waals surface area contributed by atoms with Crippen molar-refractivity contribution in [2.45, 2.75) is 79.6 Å². The van der Waals surface area contributed by atoms with Gasteiger partial charge >= 0.3 is 0 Å². The predicted molar refractivity (Wildman–Crippen MR) is 157 cm³/mol. The molecule has 0 aliphatic carbocycles. The first-order valence-corrected chi connectivity index (χ1v) is 13.4. The zero-order valence-corrected chi connectivity index (χ0v) is 23.8. The molecule has 0 saturated heterocycles. The van der Waals surface area contributed by atoms with Crippen LogP contribution in [0.4, 0.5) is 4.39 Å². The van der Waals surface area contributed by atoms with E-state index in [9.17, 15) is 4.39 Å². The van der Waals surface area contributed by atoms with E-state index in [1.807, 2.05) is 19.9 Å². The molecule has 0 spiro atoms. The molecule has 0 unspecified atom stereocenters. The number of halogens is 2. The Hall–Kier alpha value is -3.16. The number of H-pyrrole nitrogens is 1. The van der Waals surface area contributed by atoms with Gasteiger partial charge in [-0.2, -0.15) is 5.26 Å². The summed E-state index contributed by atoms with van der Waals surface area (Å²) in [7, 11) is 0. The number of aromatic nitrogens is 1. The molecule has 3 nitrogen and oxygen atoms in total. The van der Waals surface area contributed by atoms with Crippen LogP contribution in [0, 0.1) is 18.3 Å². The average molecular weight is 520 g/mol. The Bertz CT molecular complexity index is 1310. The van der Waals surface area contributed by atoms with Gasteiger partial charge in [0.2, 0.25) is 0 Å². The van der Waals surface area contributed by atoms with Crippen LogP contribution in [0.1, 0.15) is 88.6 Å². The molecule has 5 heteroatoms. The Morgan fingerprint density at radius 2 is 1.81 bits per heavy atom. The van der Waals surface area contributed by atoms with Crippen LogP contribution in [0.5, 0.6) is 0 Å². The summed E-state index contributed by atoms with van der Waals surface area (Å²) in [5, 5.41) is 10.5. The number of benzene rings is 2. The third-order valence-electron chi connectivity index (χ3n) is 6.38. The number of nitrogens with zero attached hydrogens (tertiary/aromatic N) is 2. The number of aliphatic imine (C=N–C) groups is 1.